The zero-order valence-electron chi connectivity index (χ0n) is 13.6. The summed E-state index contributed by atoms with van der Waals surface area (Å²) in [6.45, 7) is 3.54. The number of hydrogen-bond donors (Lipinski definition) is 2. The predicted octanol–water partition coefficient (Wildman–Crippen LogP) is 3.01. The Hall–Kier alpha value is -2.56. The van der Waals surface area contributed by atoms with Gasteiger partial charge in [0.15, 0.2) is 0 Å². The van der Waals surface area contributed by atoms with Crippen LogP contribution in [0.15, 0.2) is 36.4 Å². The van der Waals surface area contributed by atoms with Crippen LogP contribution < -0.4 is 5.32 Å². The highest BCUT2D eigenvalue weighted by Gasteiger charge is 2.35. The molecule has 0 aliphatic heterocycles. The fraction of sp³-hybridized carbons (Fsp3) is 0.333. The lowest BCUT2D eigenvalue weighted by Gasteiger charge is -2.27. The first-order chi connectivity index (χ1) is 10.9. The van der Waals surface area contributed by atoms with Gasteiger partial charge in [-0.05, 0) is 36.2 Å². The fourth-order valence-corrected chi connectivity index (χ4v) is 2.67. The van der Waals surface area contributed by atoms with E-state index in [1.54, 1.807) is 19.1 Å². The van der Waals surface area contributed by atoms with Crippen LogP contribution in [0.1, 0.15) is 37.0 Å². The van der Waals surface area contributed by atoms with Crippen LogP contribution in [0.2, 0.25) is 0 Å². The minimum absolute atomic E-state index is 0.120. The van der Waals surface area contributed by atoms with E-state index >= 15 is 0 Å². The number of fused-ring (bicyclic) bond motifs is 1. The summed E-state index contributed by atoms with van der Waals surface area (Å²) in [6, 6.07) is 10.6. The fourth-order valence-electron chi connectivity index (χ4n) is 2.67. The highest BCUT2D eigenvalue weighted by molar-refractivity contribution is 6.03. The van der Waals surface area contributed by atoms with Gasteiger partial charge in [0, 0.05) is 0 Å². The first-order valence-corrected chi connectivity index (χ1v) is 7.54. The van der Waals surface area contributed by atoms with Gasteiger partial charge in [-0.1, -0.05) is 37.6 Å². The molecule has 2 aromatic carbocycles. The number of aromatic hydroxyl groups is 1. The van der Waals surface area contributed by atoms with Crippen molar-refractivity contribution >= 4 is 22.6 Å². The number of carbonyl (C=O) groups is 2. The zero-order valence-corrected chi connectivity index (χ0v) is 13.6. The Morgan fingerprint density at radius 2 is 1.83 bits per heavy atom. The number of phenols is 1. The summed E-state index contributed by atoms with van der Waals surface area (Å²) in [5.74, 6) is -1.13. The smallest absolute Gasteiger partial charge is 0.331 e. The van der Waals surface area contributed by atoms with E-state index in [9.17, 15) is 14.7 Å². The number of phenolic OH excluding ortho intramolecular Hbond substituents is 1. The van der Waals surface area contributed by atoms with Gasteiger partial charge >= 0.3 is 5.97 Å². The van der Waals surface area contributed by atoms with Crippen LogP contribution in [0, 0.1) is 0 Å². The average molecular weight is 315 g/mol. The van der Waals surface area contributed by atoms with Gasteiger partial charge in [0.2, 0.25) is 0 Å². The van der Waals surface area contributed by atoms with E-state index in [2.05, 4.69) is 5.32 Å². The summed E-state index contributed by atoms with van der Waals surface area (Å²) >= 11 is 0. The monoisotopic (exact) mass is 315 g/mol. The number of hydrogen-bond acceptors (Lipinski definition) is 4. The molecule has 0 spiro atoms. The molecule has 2 aromatic rings. The van der Waals surface area contributed by atoms with E-state index < -0.39 is 17.4 Å². The maximum atomic E-state index is 12.5. The molecule has 0 saturated heterocycles. The lowest BCUT2D eigenvalue weighted by molar-refractivity contribution is -0.147. The van der Waals surface area contributed by atoms with Crippen LogP contribution in [0.3, 0.4) is 0 Å². The van der Waals surface area contributed by atoms with Crippen molar-refractivity contribution in [3.8, 4) is 5.75 Å². The molecule has 0 radical (unpaired) electrons. The number of methoxy groups -OCH3 is 1. The van der Waals surface area contributed by atoms with E-state index in [0.717, 1.165) is 10.8 Å². The van der Waals surface area contributed by atoms with E-state index in [1.165, 1.54) is 7.11 Å². The molecular weight excluding hydrogens is 294 g/mol. The van der Waals surface area contributed by atoms with E-state index in [0.29, 0.717) is 12.8 Å². The number of nitrogens with one attached hydrogen (secondary N) is 1. The van der Waals surface area contributed by atoms with Gasteiger partial charge in [-0.3, -0.25) is 4.79 Å². The second-order valence-electron chi connectivity index (χ2n) is 5.74. The Morgan fingerprint density at radius 1 is 1.22 bits per heavy atom. The van der Waals surface area contributed by atoms with Crippen LogP contribution >= 0.6 is 0 Å². The molecule has 0 aliphatic carbocycles. The molecule has 1 amide bonds. The maximum Gasteiger partial charge on any atom is 0.331 e. The normalized spacial score (nSPS) is 13.3. The SMILES string of the molecule is CCCC(C)(NC(=O)c1cc2ccccc2cc1O)C(=O)OC. The molecule has 2 rings (SSSR count). The summed E-state index contributed by atoms with van der Waals surface area (Å²) in [6.07, 6.45) is 1.15. The van der Waals surface area contributed by atoms with Crippen molar-refractivity contribution in [2.75, 3.05) is 7.11 Å². The maximum absolute atomic E-state index is 12.5. The van der Waals surface area contributed by atoms with Crippen molar-refractivity contribution in [2.45, 2.75) is 32.2 Å². The third-order valence-electron chi connectivity index (χ3n) is 3.88. The third-order valence-corrected chi connectivity index (χ3v) is 3.88. The number of benzene rings is 2. The Balaban J connectivity index is 2.36. The lowest BCUT2D eigenvalue weighted by Crippen LogP contribution is -2.52. The first kappa shape index (κ1) is 16.8. The number of amides is 1. The number of esters is 1. The molecule has 0 bridgehead atoms. The molecule has 1 unspecified atom stereocenters. The molecule has 1 atom stereocenters. The molecule has 5 heteroatoms. The average Bonchev–Trinajstić information content (AvgIpc) is 2.53. The summed E-state index contributed by atoms with van der Waals surface area (Å²) < 4.78 is 4.79. The van der Waals surface area contributed by atoms with Crippen molar-refractivity contribution in [1.82, 2.24) is 5.32 Å². The molecule has 23 heavy (non-hydrogen) atoms. The largest absolute Gasteiger partial charge is 0.507 e. The van der Waals surface area contributed by atoms with Gasteiger partial charge in [-0.2, -0.15) is 0 Å². The number of carbonyl (C=O) groups excluding carboxylic acids is 2. The van der Waals surface area contributed by atoms with Gasteiger partial charge in [-0.15, -0.1) is 0 Å². The van der Waals surface area contributed by atoms with Gasteiger partial charge in [0.1, 0.15) is 11.3 Å². The Morgan fingerprint density at radius 3 is 2.39 bits per heavy atom. The molecule has 122 valence electrons. The van der Waals surface area contributed by atoms with Crippen molar-refractivity contribution in [3.63, 3.8) is 0 Å². The molecule has 0 aromatic heterocycles. The topological polar surface area (TPSA) is 75.6 Å². The van der Waals surface area contributed by atoms with Crippen molar-refractivity contribution in [2.24, 2.45) is 0 Å². The summed E-state index contributed by atoms with van der Waals surface area (Å²) in [5, 5.41) is 14.5. The standard InChI is InChI=1S/C18H21NO4/c1-4-9-18(2,17(22)23-3)19-16(21)14-10-12-7-5-6-8-13(12)11-15(14)20/h5-8,10-11,20H,4,9H2,1-3H3,(H,19,21). The van der Waals surface area contributed by atoms with Crippen LogP contribution in [0.4, 0.5) is 0 Å². The lowest BCUT2D eigenvalue weighted by atomic mass is 9.95. The van der Waals surface area contributed by atoms with E-state index in [1.807, 2.05) is 31.2 Å². The zero-order chi connectivity index (χ0) is 17.0. The van der Waals surface area contributed by atoms with Gasteiger partial charge in [0.25, 0.3) is 5.91 Å². The summed E-state index contributed by atoms with van der Waals surface area (Å²) in [7, 11) is 1.29. The molecular formula is C18H21NO4. The molecule has 0 aliphatic rings. The molecule has 0 saturated carbocycles. The Bertz CT molecular complexity index is 741. The molecule has 5 nitrogen and oxygen atoms in total. The second-order valence-corrected chi connectivity index (χ2v) is 5.74. The first-order valence-electron chi connectivity index (χ1n) is 7.54. The quantitative estimate of drug-likeness (QED) is 0.832. The molecule has 0 heterocycles. The third kappa shape index (κ3) is 3.44. The second kappa shape index (κ2) is 6.69. The summed E-state index contributed by atoms with van der Waals surface area (Å²) in [4.78, 5) is 24.5. The Labute approximate surface area is 135 Å². The van der Waals surface area contributed by atoms with Gasteiger partial charge in [0.05, 0.1) is 12.7 Å². The van der Waals surface area contributed by atoms with E-state index in [-0.39, 0.29) is 11.3 Å². The van der Waals surface area contributed by atoms with E-state index in [4.69, 9.17) is 4.74 Å². The number of ether oxygens (including phenoxy) is 1. The van der Waals surface area contributed by atoms with Gasteiger partial charge < -0.3 is 15.2 Å². The van der Waals surface area contributed by atoms with Crippen LogP contribution in [-0.2, 0) is 9.53 Å². The Kier molecular flexibility index (Phi) is 4.89. The minimum Gasteiger partial charge on any atom is -0.507 e. The molecule has 2 N–H and O–H groups in total. The van der Waals surface area contributed by atoms with Gasteiger partial charge in [-0.25, -0.2) is 4.79 Å². The summed E-state index contributed by atoms with van der Waals surface area (Å²) in [5.41, 5.74) is -0.992. The highest BCUT2D eigenvalue weighted by Crippen LogP contribution is 2.26. The molecule has 0 fully saturated rings. The predicted molar refractivity (Wildman–Crippen MR) is 88.4 cm³/mol. The van der Waals surface area contributed by atoms with Crippen LogP contribution in [0.5, 0.6) is 5.75 Å². The van der Waals surface area contributed by atoms with Crippen molar-refractivity contribution in [3.05, 3.63) is 42.0 Å². The van der Waals surface area contributed by atoms with Crippen LogP contribution in [-0.4, -0.2) is 29.6 Å². The van der Waals surface area contributed by atoms with Crippen LogP contribution in [0.25, 0.3) is 10.8 Å². The van der Waals surface area contributed by atoms with Crippen molar-refractivity contribution in [1.29, 1.82) is 0 Å². The highest BCUT2D eigenvalue weighted by atomic mass is 16.5. The van der Waals surface area contributed by atoms with Crippen molar-refractivity contribution < 1.29 is 19.4 Å². The number of rotatable bonds is 5. The minimum atomic E-state index is -1.13.